The molecule has 0 rings (SSSR count). The summed E-state index contributed by atoms with van der Waals surface area (Å²) >= 11 is 0. The van der Waals surface area contributed by atoms with Crippen LogP contribution in [0.25, 0.3) is 0 Å². The van der Waals surface area contributed by atoms with E-state index in [4.69, 9.17) is 14.2 Å². The summed E-state index contributed by atoms with van der Waals surface area (Å²) in [5.74, 6) is -1.01. The minimum atomic E-state index is -0.816. The van der Waals surface area contributed by atoms with E-state index in [0.717, 1.165) is 103 Å². The Bertz CT molecular complexity index is 1290. The third-order valence-electron chi connectivity index (χ3n) is 9.77. The Morgan fingerprint density at radius 3 is 1.07 bits per heavy atom. The molecule has 0 spiro atoms. The third kappa shape index (κ3) is 47.0. The minimum Gasteiger partial charge on any atom is -0.462 e. The molecule has 0 aliphatic rings. The second-order valence-electron chi connectivity index (χ2n) is 15.6. The topological polar surface area (TPSA) is 78.9 Å². The highest BCUT2D eigenvalue weighted by Gasteiger charge is 2.19. The van der Waals surface area contributed by atoms with Gasteiger partial charge in [0, 0.05) is 19.3 Å². The fourth-order valence-electron chi connectivity index (χ4n) is 6.17. The van der Waals surface area contributed by atoms with E-state index in [1.54, 1.807) is 0 Å². The standard InChI is InChI=1S/C55H88O6/c1-4-7-10-13-16-19-22-24-26-28-30-31-33-36-39-42-45-48-54(57)60-51-52(50-59-53(56)47-44-41-38-35-21-18-15-12-9-6-3)61-55(58)49-46-43-40-37-34-32-29-27-25-23-20-17-14-11-8-5-2/h7-8,10-11,16-17,19-20,24-27,30-32,34,36,39,52H,4-6,9,12-15,18,21-23,28-29,33,35,37-38,40-51H2,1-3H3/b10-7-,11-8-,19-16-,20-17-,26-24-,27-25-,31-30-,34-32-,39-36-. The van der Waals surface area contributed by atoms with Crippen molar-refractivity contribution in [3.63, 3.8) is 0 Å². The van der Waals surface area contributed by atoms with Crippen molar-refractivity contribution in [2.45, 2.75) is 207 Å². The lowest BCUT2D eigenvalue weighted by Crippen LogP contribution is -2.30. The predicted octanol–water partition coefficient (Wildman–Crippen LogP) is 16.0. The maximum Gasteiger partial charge on any atom is 0.306 e. The SMILES string of the molecule is CC/C=C\C/C=C\C/C=C\C/C=C\C/C=C\CCCC(=O)OCC(COC(=O)CCCCCCCCCCCC)OC(=O)CCCCC/C=C\C/C=C\C/C=C\C/C=C\CC. The second-order valence-corrected chi connectivity index (χ2v) is 15.6. The zero-order chi connectivity index (χ0) is 44.4. The van der Waals surface area contributed by atoms with Crippen molar-refractivity contribution in [3.8, 4) is 0 Å². The smallest absolute Gasteiger partial charge is 0.306 e. The minimum absolute atomic E-state index is 0.110. The van der Waals surface area contributed by atoms with E-state index in [-0.39, 0.29) is 44.0 Å². The third-order valence-corrected chi connectivity index (χ3v) is 9.77. The van der Waals surface area contributed by atoms with Crippen molar-refractivity contribution < 1.29 is 28.6 Å². The molecule has 61 heavy (non-hydrogen) atoms. The Hall–Kier alpha value is -3.93. The molecule has 0 N–H and O–H groups in total. The van der Waals surface area contributed by atoms with Gasteiger partial charge in [0.1, 0.15) is 13.2 Å². The van der Waals surface area contributed by atoms with Gasteiger partial charge < -0.3 is 14.2 Å². The quantitative estimate of drug-likeness (QED) is 0.0264. The van der Waals surface area contributed by atoms with Crippen LogP contribution < -0.4 is 0 Å². The summed E-state index contributed by atoms with van der Waals surface area (Å²) in [5, 5.41) is 0. The number of esters is 3. The van der Waals surface area contributed by atoms with E-state index in [1.807, 2.05) is 0 Å². The van der Waals surface area contributed by atoms with Gasteiger partial charge in [-0.15, -0.1) is 0 Å². The molecule has 0 aromatic carbocycles. The van der Waals surface area contributed by atoms with Gasteiger partial charge >= 0.3 is 17.9 Å². The average Bonchev–Trinajstić information content (AvgIpc) is 3.26. The highest BCUT2D eigenvalue weighted by atomic mass is 16.6. The zero-order valence-electron chi connectivity index (χ0n) is 39.1. The molecule has 0 saturated heterocycles. The van der Waals surface area contributed by atoms with Gasteiger partial charge in [0.15, 0.2) is 6.10 Å². The molecule has 0 amide bonds. The molecule has 0 heterocycles. The number of hydrogen-bond donors (Lipinski definition) is 0. The average molecular weight is 845 g/mol. The molecular formula is C55H88O6. The van der Waals surface area contributed by atoms with E-state index in [9.17, 15) is 14.4 Å². The van der Waals surface area contributed by atoms with Crippen molar-refractivity contribution >= 4 is 17.9 Å². The number of carbonyl (C=O) groups is 3. The fourth-order valence-corrected chi connectivity index (χ4v) is 6.17. The van der Waals surface area contributed by atoms with Crippen LogP contribution in [0.15, 0.2) is 109 Å². The summed E-state index contributed by atoms with van der Waals surface area (Å²) in [5.41, 5.74) is 0. The first kappa shape index (κ1) is 57.1. The Morgan fingerprint density at radius 2 is 0.656 bits per heavy atom. The van der Waals surface area contributed by atoms with Gasteiger partial charge in [0.2, 0.25) is 0 Å². The van der Waals surface area contributed by atoms with Gasteiger partial charge in [0.05, 0.1) is 0 Å². The summed E-state index contributed by atoms with van der Waals surface area (Å²) in [6.45, 7) is 6.30. The van der Waals surface area contributed by atoms with E-state index in [1.165, 1.54) is 44.9 Å². The summed E-state index contributed by atoms with van der Waals surface area (Å²) < 4.78 is 16.7. The first-order valence-corrected chi connectivity index (χ1v) is 24.4. The van der Waals surface area contributed by atoms with Crippen LogP contribution in [0.5, 0.6) is 0 Å². The number of ether oxygens (including phenoxy) is 3. The van der Waals surface area contributed by atoms with Crippen LogP contribution >= 0.6 is 0 Å². The van der Waals surface area contributed by atoms with Crippen molar-refractivity contribution in [2.24, 2.45) is 0 Å². The lowest BCUT2D eigenvalue weighted by molar-refractivity contribution is -0.167. The van der Waals surface area contributed by atoms with E-state index in [2.05, 4.69) is 130 Å². The fraction of sp³-hybridized carbons (Fsp3) is 0.618. The highest BCUT2D eigenvalue weighted by molar-refractivity contribution is 5.71. The molecular weight excluding hydrogens is 757 g/mol. The molecule has 0 saturated carbocycles. The molecule has 6 nitrogen and oxygen atoms in total. The lowest BCUT2D eigenvalue weighted by atomic mass is 10.1. The summed E-state index contributed by atoms with van der Waals surface area (Å²) in [6, 6.07) is 0. The van der Waals surface area contributed by atoms with E-state index < -0.39 is 6.10 Å². The van der Waals surface area contributed by atoms with Crippen molar-refractivity contribution in [1.29, 1.82) is 0 Å². The molecule has 0 aromatic heterocycles. The van der Waals surface area contributed by atoms with Crippen LogP contribution in [0.3, 0.4) is 0 Å². The second kappa shape index (κ2) is 48.7. The van der Waals surface area contributed by atoms with Crippen LogP contribution in [0.4, 0.5) is 0 Å². The Labute approximate surface area is 374 Å². The van der Waals surface area contributed by atoms with Gasteiger partial charge in [-0.3, -0.25) is 14.4 Å². The number of unbranched alkanes of at least 4 members (excludes halogenated alkanes) is 13. The molecule has 0 aliphatic carbocycles. The van der Waals surface area contributed by atoms with Crippen LogP contribution in [-0.4, -0.2) is 37.2 Å². The number of carbonyl (C=O) groups excluding carboxylic acids is 3. The molecule has 6 heteroatoms. The molecule has 0 aromatic rings. The number of hydrogen-bond acceptors (Lipinski definition) is 6. The first-order valence-electron chi connectivity index (χ1n) is 24.4. The molecule has 344 valence electrons. The van der Waals surface area contributed by atoms with Gasteiger partial charge in [-0.25, -0.2) is 0 Å². The maximum atomic E-state index is 12.8. The summed E-state index contributed by atoms with van der Waals surface area (Å²) in [7, 11) is 0. The Balaban J connectivity index is 4.54. The van der Waals surface area contributed by atoms with E-state index >= 15 is 0 Å². The highest BCUT2D eigenvalue weighted by Crippen LogP contribution is 2.13. The molecule has 1 unspecified atom stereocenters. The normalized spacial score (nSPS) is 13.0. The van der Waals surface area contributed by atoms with Crippen LogP contribution in [-0.2, 0) is 28.6 Å². The number of rotatable bonds is 42. The molecule has 0 aliphatic heterocycles. The van der Waals surface area contributed by atoms with E-state index in [0.29, 0.717) is 19.3 Å². The van der Waals surface area contributed by atoms with Gasteiger partial charge in [0.25, 0.3) is 0 Å². The summed E-state index contributed by atoms with van der Waals surface area (Å²) in [6.07, 6.45) is 65.0. The zero-order valence-corrected chi connectivity index (χ0v) is 39.1. The molecule has 0 fully saturated rings. The van der Waals surface area contributed by atoms with Gasteiger partial charge in [-0.1, -0.05) is 194 Å². The maximum absolute atomic E-state index is 12.8. The number of allylic oxidation sites excluding steroid dienone is 18. The first-order chi connectivity index (χ1) is 30.0. The van der Waals surface area contributed by atoms with Crippen LogP contribution in [0.2, 0.25) is 0 Å². The van der Waals surface area contributed by atoms with Crippen molar-refractivity contribution in [3.05, 3.63) is 109 Å². The molecule has 0 bridgehead atoms. The Kier molecular flexibility index (Phi) is 45.6. The molecule has 1 atom stereocenters. The Morgan fingerprint density at radius 1 is 0.344 bits per heavy atom. The monoisotopic (exact) mass is 845 g/mol. The van der Waals surface area contributed by atoms with Gasteiger partial charge in [-0.2, -0.15) is 0 Å². The van der Waals surface area contributed by atoms with Gasteiger partial charge in [-0.05, 0) is 96.3 Å². The van der Waals surface area contributed by atoms with Crippen molar-refractivity contribution in [1.82, 2.24) is 0 Å². The largest absolute Gasteiger partial charge is 0.462 e. The van der Waals surface area contributed by atoms with Crippen molar-refractivity contribution in [2.75, 3.05) is 13.2 Å². The summed E-state index contributed by atoms with van der Waals surface area (Å²) in [4.78, 5) is 37.8. The molecule has 0 radical (unpaired) electrons. The predicted molar refractivity (Wildman–Crippen MR) is 260 cm³/mol. The van der Waals surface area contributed by atoms with Crippen LogP contribution in [0, 0.1) is 0 Å². The lowest BCUT2D eigenvalue weighted by Gasteiger charge is -2.18. The van der Waals surface area contributed by atoms with Crippen LogP contribution in [0.1, 0.15) is 201 Å².